The van der Waals surface area contributed by atoms with E-state index in [2.05, 4.69) is 16.4 Å². The first-order chi connectivity index (χ1) is 8.42. The number of hydrogen-bond donors (Lipinski definition) is 1. The first-order valence-electron chi connectivity index (χ1n) is 6.36. The summed E-state index contributed by atoms with van der Waals surface area (Å²) in [5.74, 6) is 1.70. The molecule has 0 amide bonds. The van der Waals surface area contributed by atoms with Gasteiger partial charge in [-0.25, -0.2) is 9.97 Å². The van der Waals surface area contributed by atoms with Crippen LogP contribution >= 0.6 is 11.3 Å². The lowest BCUT2D eigenvalue weighted by Gasteiger charge is -2.14. The molecule has 2 aromatic heterocycles. The lowest BCUT2D eigenvalue weighted by Crippen LogP contribution is -2.17. The fraction of sp³-hybridized carbons (Fsp3) is 0.538. The summed E-state index contributed by atoms with van der Waals surface area (Å²) in [7, 11) is 0. The highest BCUT2D eigenvalue weighted by Crippen LogP contribution is 2.45. The number of nitrogens with one attached hydrogen (secondary N) is 1. The van der Waals surface area contributed by atoms with Crippen LogP contribution in [-0.4, -0.2) is 16.5 Å². The van der Waals surface area contributed by atoms with Crippen molar-refractivity contribution >= 4 is 21.7 Å². The van der Waals surface area contributed by atoms with Crippen LogP contribution in [0.3, 0.4) is 0 Å². The SMILES string of the molecule is c1cnc2sc(C3NCC4CCCC43)nc2c1. The maximum absolute atomic E-state index is 4.75. The van der Waals surface area contributed by atoms with Crippen LogP contribution < -0.4 is 5.32 Å². The quantitative estimate of drug-likeness (QED) is 0.839. The monoisotopic (exact) mass is 245 g/mol. The molecule has 3 nitrogen and oxygen atoms in total. The van der Waals surface area contributed by atoms with Crippen molar-refractivity contribution in [1.82, 2.24) is 15.3 Å². The van der Waals surface area contributed by atoms with Crippen molar-refractivity contribution < 1.29 is 0 Å². The molecule has 3 atom stereocenters. The minimum Gasteiger partial charge on any atom is -0.307 e. The summed E-state index contributed by atoms with van der Waals surface area (Å²) >= 11 is 1.76. The first-order valence-corrected chi connectivity index (χ1v) is 7.18. The average molecular weight is 245 g/mol. The molecule has 1 N–H and O–H groups in total. The van der Waals surface area contributed by atoms with E-state index in [0.717, 1.165) is 22.2 Å². The van der Waals surface area contributed by atoms with E-state index in [1.165, 1.54) is 30.8 Å². The molecule has 0 spiro atoms. The highest BCUT2D eigenvalue weighted by atomic mass is 32.1. The van der Waals surface area contributed by atoms with Gasteiger partial charge in [0.15, 0.2) is 0 Å². The van der Waals surface area contributed by atoms with Crippen LogP contribution in [0.2, 0.25) is 0 Å². The summed E-state index contributed by atoms with van der Waals surface area (Å²) < 4.78 is 0. The summed E-state index contributed by atoms with van der Waals surface area (Å²) in [5.41, 5.74) is 1.05. The van der Waals surface area contributed by atoms with Gasteiger partial charge in [-0.1, -0.05) is 17.8 Å². The number of fused-ring (bicyclic) bond motifs is 2. The lowest BCUT2D eigenvalue weighted by molar-refractivity contribution is 0.421. The van der Waals surface area contributed by atoms with E-state index >= 15 is 0 Å². The van der Waals surface area contributed by atoms with Crippen molar-refractivity contribution in [3.63, 3.8) is 0 Å². The number of pyridine rings is 1. The van der Waals surface area contributed by atoms with Gasteiger partial charge in [0.1, 0.15) is 15.4 Å². The Kier molecular flexibility index (Phi) is 2.20. The third-order valence-corrected chi connectivity index (χ3v) is 5.26. The van der Waals surface area contributed by atoms with Crippen LogP contribution in [0.15, 0.2) is 18.3 Å². The van der Waals surface area contributed by atoms with E-state index in [1.807, 2.05) is 12.3 Å². The summed E-state index contributed by atoms with van der Waals surface area (Å²) in [6.07, 6.45) is 6.02. The topological polar surface area (TPSA) is 37.8 Å². The maximum atomic E-state index is 4.75. The molecule has 1 saturated heterocycles. The molecule has 1 aliphatic carbocycles. The maximum Gasteiger partial charge on any atom is 0.143 e. The predicted molar refractivity (Wildman–Crippen MR) is 69.0 cm³/mol. The summed E-state index contributed by atoms with van der Waals surface area (Å²) in [4.78, 5) is 10.2. The normalized spacial score (nSPS) is 32.1. The number of thiazole rings is 1. The Hall–Kier alpha value is -1.00. The van der Waals surface area contributed by atoms with Gasteiger partial charge in [0, 0.05) is 6.20 Å². The van der Waals surface area contributed by atoms with Gasteiger partial charge in [-0.05, 0) is 43.4 Å². The molecular weight excluding hydrogens is 230 g/mol. The molecule has 88 valence electrons. The van der Waals surface area contributed by atoms with Crippen LogP contribution in [0.1, 0.15) is 30.3 Å². The van der Waals surface area contributed by atoms with Crippen molar-refractivity contribution in [3.8, 4) is 0 Å². The van der Waals surface area contributed by atoms with E-state index in [4.69, 9.17) is 4.98 Å². The van der Waals surface area contributed by atoms with Crippen LogP contribution in [0.25, 0.3) is 10.3 Å². The molecule has 17 heavy (non-hydrogen) atoms. The molecule has 0 aromatic carbocycles. The van der Waals surface area contributed by atoms with E-state index in [1.54, 1.807) is 11.3 Å². The van der Waals surface area contributed by atoms with Gasteiger partial charge in [0.25, 0.3) is 0 Å². The van der Waals surface area contributed by atoms with Crippen molar-refractivity contribution in [2.75, 3.05) is 6.54 Å². The Morgan fingerprint density at radius 1 is 1.35 bits per heavy atom. The third kappa shape index (κ3) is 1.51. The zero-order valence-electron chi connectivity index (χ0n) is 9.60. The zero-order chi connectivity index (χ0) is 11.2. The van der Waals surface area contributed by atoms with Crippen LogP contribution in [-0.2, 0) is 0 Å². The molecule has 1 aliphatic heterocycles. The molecule has 3 unspecified atom stereocenters. The minimum atomic E-state index is 0.488. The first kappa shape index (κ1) is 9.97. The van der Waals surface area contributed by atoms with Crippen LogP contribution in [0.4, 0.5) is 0 Å². The molecule has 1 saturated carbocycles. The van der Waals surface area contributed by atoms with Crippen molar-refractivity contribution in [2.24, 2.45) is 11.8 Å². The van der Waals surface area contributed by atoms with Crippen molar-refractivity contribution in [1.29, 1.82) is 0 Å². The molecule has 3 heterocycles. The molecule has 0 radical (unpaired) electrons. The highest BCUT2D eigenvalue weighted by Gasteiger charge is 2.40. The van der Waals surface area contributed by atoms with Crippen LogP contribution in [0.5, 0.6) is 0 Å². The van der Waals surface area contributed by atoms with Gasteiger partial charge in [-0.2, -0.15) is 0 Å². The number of aromatic nitrogens is 2. The number of nitrogens with zero attached hydrogens (tertiary/aromatic N) is 2. The Labute approximate surface area is 104 Å². The number of hydrogen-bond acceptors (Lipinski definition) is 4. The average Bonchev–Trinajstić information content (AvgIpc) is 3.02. The van der Waals surface area contributed by atoms with Crippen LogP contribution in [0, 0.1) is 11.8 Å². The van der Waals surface area contributed by atoms with Gasteiger partial charge in [0.05, 0.1) is 6.04 Å². The fourth-order valence-corrected chi connectivity index (χ4v) is 4.44. The molecule has 2 fully saturated rings. The Morgan fingerprint density at radius 3 is 3.29 bits per heavy atom. The van der Waals surface area contributed by atoms with E-state index in [9.17, 15) is 0 Å². The van der Waals surface area contributed by atoms with Crippen molar-refractivity contribution in [2.45, 2.75) is 25.3 Å². The molecule has 2 aliphatic rings. The Balaban J connectivity index is 1.74. The summed E-state index contributed by atoms with van der Waals surface area (Å²) in [6, 6.07) is 4.51. The van der Waals surface area contributed by atoms with E-state index < -0.39 is 0 Å². The lowest BCUT2D eigenvalue weighted by atomic mass is 9.94. The Morgan fingerprint density at radius 2 is 2.35 bits per heavy atom. The van der Waals surface area contributed by atoms with E-state index in [-0.39, 0.29) is 0 Å². The Bertz CT molecular complexity index is 517. The largest absolute Gasteiger partial charge is 0.307 e. The molecule has 0 bridgehead atoms. The van der Waals surface area contributed by atoms with Gasteiger partial charge in [0.2, 0.25) is 0 Å². The van der Waals surface area contributed by atoms with Crippen molar-refractivity contribution in [3.05, 3.63) is 23.3 Å². The van der Waals surface area contributed by atoms with Gasteiger partial charge in [-0.3, -0.25) is 0 Å². The smallest absolute Gasteiger partial charge is 0.143 e. The van der Waals surface area contributed by atoms with Gasteiger partial charge >= 0.3 is 0 Å². The molecule has 4 rings (SSSR count). The van der Waals surface area contributed by atoms with Gasteiger partial charge in [-0.15, -0.1) is 0 Å². The summed E-state index contributed by atoms with van der Waals surface area (Å²) in [6.45, 7) is 1.18. The second-order valence-electron chi connectivity index (χ2n) is 5.12. The third-order valence-electron chi connectivity index (χ3n) is 4.19. The fourth-order valence-electron chi connectivity index (χ4n) is 3.38. The van der Waals surface area contributed by atoms with E-state index in [0.29, 0.717) is 6.04 Å². The second-order valence-corrected chi connectivity index (χ2v) is 6.13. The molecule has 2 aromatic rings. The van der Waals surface area contributed by atoms with Gasteiger partial charge < -0.3 is 5.32 Å². The predicted octanol–water partition coefficient (Wildman–Crippen LogP) is 2.75. The standard InChI is InChI=1S/C13H15N3S/c1-3-8-7-15-11(9(8)4-1)13-16-10-5-2-6-14-12(10)17-13/h2,5-6,8-9,11,15H,1,3-4,7H2. The second kappa shape index (κ2) is 3.75. The molecule has 4 heteroatoms. The molecular formula is C13H15N3S. The number of rotatable bonds is 1. The minimum absolute atomic E-state index is 0.488. The zero-order valence-corrected chi connectivity index (χ0v) is 10.4. The highest BCUT2D eigenvalue weighted by molar-refractivity contribution is 7.18. The summed E-state index contributed by atoms with van der Waals surface area (Å²) in [5, 5.41) is 4.90.